The van der Waals surface area contributed by atoms with Crippen molar-refractivity contribution >= 4 is 12.3 Å². The molecule has 1 aliphatic carbocycles. The first-order valence-corrected chi connectivity index (χ1v) is 7.60. The van der Waals surface area contributed by atoms with Crippen molar-refractivity contribution < 1.29 is 23.8 Å². The lowest BCUT2D eigenvalue weighted by atomic mass is 9.68. The number of hydrogen-bond acceptors (Lipinski definition) is 6. The molecule has 2 rings (SSSR count). The van der Waals surface area contributed by atoms with Crippen LogP contribution in [0.1, 0.15) is 13.3 Å². The van der Waals surface area contributed by atoms with Gasteiger partial charge in [0.25, 0.3) is 0 Å². The summed E-state index contributed by atoms with van der Waals surface area (Å²) in [7, 11) is 1.25. The number of nitrogens with two attached hydrogens (primary N) is 1. The van der Waals surface area contributed by atoms with Crippen molar-refractivity contribution in [2.75, 3.05) is 20.3 Å². The van der Waals surface area contributed by atoms with Gasteiger partial charge < -0.3 is 19.9 Å². The average molecular weight is 341 g/mol. The zero-order chi connectivity index (χ0) is 18.5. The predicted molar refractivity (Wildman–Crippen MR) is 90.5 cm³/mol. The van der Waals surface area contributed by atoms with Crippen LogP contribution in [-0.2, 0) is 23.8 Å². The number of ether oxygens (including phenoxy) is 3. The molecule has 1 heterocycles. The average Bonchev–Trinajstić information content (AvgIpc) is 3.06. The molecule has 2 N–H and O–H groups in total. The molecule has 6 heteroatoms. The van der Waals surface area contributed by atoms with Crippen molar-refractivity contribution in [3.63, 3.8) is 0 Å². The van der Waals surface area contributed by atoms with Gasteiger partial charge in [-0.25, -0.2) is 4.79 Å². The minimum absolute atomic E-state index is 0.122. The summed E-state index contributed by atoms with van der Waals surface area (Å²) >= 11 is 0. The molecule has 1 spiro atoms. The molecule has 0 aromatic heterocycles. The summed E-state index contributed by atoms with van der Waals surface area (Å²) in [4.78, 5) is 23.5. The summed E-state index contributed by atoms with van der Waals surface area (Å²) in [6.07, 6.45) is 10.1. The third kappa shape index (κ3) is 3.51. The van der Waals surface area contributed by atoms with Gasteiger partial charge in [-0.3, -0.25) is 4.79 Å². The van der Waals surface area contributed by atoms with Gasteiger partial charge in [-0.05, 0) is 24.6 Å². The molecule has 130 valence electrons. The Morgan fingerprint density at radius 1 is 1.36 bits per heavy atom. The number of hydrogen-bond donors (Lipinski definition) is 1. The molecule has 0 bridgehead atoms. The fourth-order valence-electron chi connectivity index (χ4n) is 2.96. The van der Waals surface area contributed by atoms with E-state index in [1.807, 2.05) is 0 Å². The summed E-state index contributed by atoms with van der Waals surface area (Å²) in [5.74, 6) is 6.35. The van der Waals surface area contributed by atoms with Crippen molar-refractivity contribution in [1.82, 2.24) is 0 Å². The first-order valence-electron chi connectivity index (χ1n) is 7.60. The van der Waals surface area contributed by atoms with E-state index in [9.17, 15) is 9.59 Å². The van der Waals surface area contributed by atoms with E-state index in [4.69, 9.17) is 21.6 Å². The maximum atomic E-state index is 11.8. The van der Waals surface area contributed by atoms with Gasteiger partial charge >= 0.3 is 5.97 Å². The Morgan fingerprint density at radius 2 is 2.04 bits per heavy atom. The maximum Gasteiger partial charge on any atom is 0.330 e. The molecule has 0 saturated carbocycles. The fourth-order valence-corrected chi connectivity index (χ4v) is 2.96. The van der Waals surface area contributed by atoms with Gasteiger partial charge in [-0.1, -0.05) is 17.8 Å². The number of rotatable bonds is 2. The Kier molecular flexibility index (Phi) is 5.48. The lowest BCUT2D eigenvalue weighted by Gasteiger charge is -2.42. The highest BCUT2D eigenvalue weighted by atomic mass is 16.7. The SMILES string of the molecule is C#C/C=C\C#C[C@]1(C)CC2(OCCO2)C(N)=C(C=O)/C1=C\C(=O)OC. The van der Waals surface area contributed by atoms with Crippen molar-refractivity contribution in [2.45, 2.75) is 19.1 Å². The molecule has 25 heavy (non-hydrogen) atoms. The highest BCUT2D eigenvalue weighted by Crippen LogP contribution is 2.49. The van der Waals surface area contributed by atoms with Crippen LogP contribution in [0.2, 0.25) is 0 Å². The summed E-state index contributed by atoms with van der Waals surface area (Å²) in [6.45, 7) is 2.48. The first-order chi connectivity index (χ1) is 11.9. The molecule has 0 radical (unpaired) electrons. The van der Waals surface area contributed by atoms with E-state index in [2.05, 4.69) is 22.5 Å². The van der Waals surface area contributed by atoms with E-state index in [1.54, 1.807) is 6.92 Å². The monoisotopic (exact) mass is 341 g/mol. The van der Waals surface area contributed by atoms with Gasteiger partial charge in [-0.15, -0.1) is 6.42 Å². The van der Waals surface area contributed by atoms with Gasteiger partial charge in [0.2, 0.25) is 5.79 Å². The molecule has 1 saturated heterocycles. The molecule has 6 nitrogen and oxygen atoms in total. The number of carbonyl (C=O) groups excluding carboxylic acids is 2. The highest BCUT2D eigenvalue weighted by molar-refractivity contribution is 5.91. The largest absolute Gasteiger partial charge is 0.466 e. The summed E-state index contributed by atoms with van der Waals surface area (Å²) < 4.78 is 16.1. The Balaban J connectivity index is 2.65. The van der Waals surface area contributed by atoms with Crippen LogP contribution in [0.5, 0.6) is 0 Å². The molecule has 2 aliphatic rings. The van der Waals surface area contributed by atoms with Gasteiger partial charge in [-0.2, -0.15) is 0 Å². The summed E-state index contributed by atoms with van der Waals surface area (Å²) in [5.41, 5.74) is 5.83. The molecule has 1 fully saturated rings. The lowest BCUT2D eigenvalue weighted by Crippen LogP contribution is -2.47. The van der Waals surface area contributed by atoms with Crippen molar-refractivity contribution in [3.05, 3.63) is 35.1 Å². The Labute approximate surface area is 146 Å². The van der Waals surface area contributed by atoms with Crippen molar-refractivity contribution in [3.8, 4) is 24.2 Å². The van der Waals surface area contributed by atoms with Gasteiger partial charge in [0, 0.05) is 18.1 Å². The second-order valence-corrected chi connectivity index (χ2v) is 5.75. The smallest absolute Gasteiger partial charge is 0.330 e. The number of terminal acetylenes is 1. The van der Waals surface area contributed by atoms with Crippen LogP contribution in [-0.4, -0.2) is 38.4 Å². The predicted octanol–water partition coefficient (Wildman–Crippen LogP) is 0.843. The molecule has 0 unspecified atom stereocenters. The number of carbonyl (C=O) groups is 2. The van der Waals surface area contributed by atoms with Gasteiger partial charge in [0.1, 0.15) is 0 Å². The fraction of sp³-hybridized carbons (Fsp3) is 0.368. The van der Waals surface area contributed by atoms with E-state index in [1.165, 1.54) is 25.3 Å². The quantitative estimate of drug-likeness (QED) is 0.347. The molecule has 0 aromatic carbocycles. The Bertz CT molecular complexity index is 766. The first kappa shape index (κ1) is 18.5. The van der Waals surface area contributed by atoms with Gasteiger partial charge in [0.15, 0.2) is 6.29 Å². The molecule has 0 aromatic rings. The number of aldehydes is 1. The maximum absolute atomic E-state index is 11.8. The topological polar surface area (TPSA) is 87.9 Å². The van der Waals surface area contributed by atoms with E-state index in [0.29, 0.717) is 25.1 Å². The van der Waals surface area contributed by atoms with Crippen LogP contribution in [0.4, 0.5) is 0 Å². The Morgan fingerprint density at radius 3 is 2.60 bits per heavy atom. The molecular formula is C19H19NO5. The third-order valence-electron chi connectivity index (χ3n) is 4.12. The second-order valence-electron chi connectivity index (χ2n) is 5.75. The van der Waals surface area contributed by atoms with Crippen LogP contribution in [0.3, 0.4) is 0 Å². The van der Waals surface area contributed by atoms with E-state index in [-0.39, 0.29) is 17.7 Å². The standard InChI is InChI=1S/C19H19NO5/c1-4-5-6-7-8-18(2)13-19(24-9-10-25-19)17(20)14(12-21)15(18)11-16(22)23-3/h1,5-6,11-12H,9-10,13,20H2,2-3H3/b6-5-,15-11+/t18-/m1/s1. The van der Waals surface area contributed by atoms with Crippen LogP contribution < -0.4 is 5.73 Å². The van der Waals surface area contributed by atoms with E-state index in [0.717, 1.165) is 0 Å². The van der Waals surface area contributed by atoms with Crippen molar-refractivity contribution in [1.29, 1.82) is 0 Å². The summed E-state index contributed by atoms with van der Waals surface area (Å²) in [5, 5.41) is 0. The highest BCUT2D eigenvalue weighted by Gasteiger charge is 2.52. The zero-order valence-corrected chi connectivity index (χ0v) is 14.1. The van der Waals surface area contributed by atoms with Crippen LogP contribution in [0.15, 0.2) is 35.1 Å². The molecular weight excluding hydrogens is 322 g/mol. The Hall–Kier alpha value is -2.80. The van der Waals surface area contributed by atoms with E-state index >= 15 is 0 Å². The lowest BCUT2D eigenvalue weighted by molar-refractivity contribution is -0.147. The molecule has 0 amide bonds. The van der Waals surface area contributed by atoms with Crippen LogP contribution in [0.25, 0.3) is 0 Å². The molecule has 1 aliphatic heterocycles. The zero-order valence-electron chi connectivity index (χ0n) is 14.1. The van der Waals surface area contributed by atoms with Crippen molar-refractivity contribution in [2.24, 2.45) is 11.1 Å². The number of allylic oxidation sites excluding steroid dienone is 4. The second kappa shape index (κ2) is 7.40. The summed E-state index contributed by atoms with van der Waals surface area (Å²) in [6, 6.07) is 0. The van der Waals surface area contributed by atoms with E-state index < -0.39 is 17.2 Å². The van der Waals surface area contributed by atoms with Crippen LogP contribution in [0, 0.1) is 29.6 Å². The normalized spacial score (nSPS) is 26.4. The number of methoxy groups -OCH3 is 1. The number of esters is 1. The molecule has 1 atom stereocenters. The third-order valence-corrected chi connectivity index (χ3v) is 4.12. The van der Waals surface area contributed by atoms with Gasteiger partial charge in [0.05, 0.1) is 31.4 Å². The van der Waals surface area contributed by atoms with Crippen LogP contribution >= 0.6 is 0 Å². The minimum Gasteiger partial charge on any atom is -0.466 e. The minimum atomic E-state index is -1.23.